The number of hydrogen-bond acceptors (Lipinski definition) is 5. The van der Waals surface area contributed by atoms with Crippen LogP contribution in [0.5, 0.6) is 11.5 Å². The number of aromatic hydroxyl groups is 1. The number of hydrogen-bond donors (Lipinski definition) is 4. The number of ether oxygens (including phenoxy) is 1. The van der Waals surface area contributed by atoms with Crippen LogP contribution >= 0.6 is 0 Å². The zero-order valence-corrected chi connectivity index (χ0v) is 13.1. The monoisotopic (exact) mass is 317 g/mol. The zero-order chi connectivity index (χ0) is 16.7. The van der Waals surface area contributed by atoms with Gasteiger partial charge in [-0.25, -0.2) is 0 Å². The molecule has 0 amide bonds. The van der Waals surface area contributed by atoms with Crippen LogP contribution in [0.15, 0.2) is 48.5 Å². The van der Waals surface area contributed by atoms with Crippen LogP contribution in [0.2, 0.25) is 0 Å². The van der Waals surface area contributed by atoms with E-state index in [1.54, 1.807) is 12.1 Å². The molecule has 0 spiro atoms. The van der Waals surface area contributed by atoms with Gasteiger partial charge in [0.05, 0.1) is 12.7 Å². The summed E-state index contributed by atoms with van der Waals surface area (Å²) < 4.78 is 5.65. The molecule has 4 N–H and O–H groups in total. The summed E-state index contributed by atoms with van der Waals surface area (Å²) in [7, 11) is 0. The number of benzene rings is 2. The topological polar surface area (TPSA) is 82.0 Å². The first-order chi connectivity index (χ1) is 11.1. The van der Waals surface area contributed by atoms with Gasteiger partial charge in [-0.1, -0.05) is 24.3 Å². The molecular formula is C18H23NO4. The summed E-state index contributed by atoms with van der Waals surface area (Å²) in [6.07, 6.45) is -0.722. The van der Waals surface area contributed by atoms with Crippen LogP contribution in [0, 0.1) is 0 Å². The molecule has 5 nitrogen and oxygen atoms in total. The molecule has 0 radical (unpaired) electrons. The smallest absolute Gasteiger partial charge is 0.121 e. The average Bonchev–Trinajstić information content (AvgIpc) is 2.59. The number of phenols is 1. The van der Waals surface area contributed by atoms with Gasteiger partial charge in [0.25, 0.3) is 0 Å². The lowest BCUT2D eigenvalue weighted by Gasteiger charge is -2.18. The van der Waals surface area contributed by atoms with Crippen LogP contribution < -0.4 is 10.1 Å². The molecule has 5 heteroatoms. The van der Waals surface area contributed by atoms with Gasteiger partial charge in [-0.05, 0) is 36.8 Å². The maximum Gasteiger partial charge on any atom is 0.121 e. The van der Waals surface area contributed by atoms with Gasteiger partial charge in [-0.15, -0.1) is 0 Å². The van der Waals surface area contributed by atoms with Crippen molar-refractivity contribution in [3.8, 4) is 11.5 Å². The quantitative estimate of drug-likeness (QED) is 0.598. The fraction of sp³-hybridized carbons (Fsp3) is 0.333. The normalized spacial score (nSPS) is 13.5. The van der Waals surface area contributed by atoms with Crippen LogP contribution in [0.1, 0.15) is 24.2 Å². The van der Waals surface area contributed by atoms with Crippen molar-refractivity contribution < 1.29 is 20.1 Å². The van der Waals surface area contributed by atoms with Gasteiger partial charge >= 0.3 is 0 Å². The highest BCUT2D eigenvalue weighted by Gasteiger charge is 2.12. The van der Waals surface area contributed by atoms with Crippen LogP contribution in [-0.2, 0) is 6.61 Å². The van der Waals surface area contributed by atoms with Gasteiger partial charge in [0.1, 0.15) is 18.1 Å². The summed E-state index contributed by atoms with van der Waals surface area (Å²) in [6, 6.07) is 14.4. The molecule has 0 bridgehead atoms. The minimum Gasteiger partial charge on any atom is -0.508 e. The second kappa shape index (κ2) is 8.53. The molecule has 0 aliphatic heterocycles. The highest BCUT2D eigenvalue weighted by molar-refractivity contribution is 5.36. The van der Waals surface area contributed by atoms with Gasteiger partial charge in [-0.2, -0.15) is 0 Å². The van der Waals surface area contributed by atoms with Crippen molar-refractivity contribution in [2.75, 3.05) is 13.2 Å². The summed E-state index contributed by atoms with van der Waals surface area (Å²) in [4.78, 5) is 0. The van der Waals surface area contributed by atoms with Crippen molar-refractivity contribution in [2.45, 2.75) is 25.7 Å². The lowest BCUT2D eigenvalue weighted by Crippen LogP contribution is -2.34. The maximum absolute atomic E-state index is 10.2. The van der Waals surface area contributed by atoms with Gasteiger partial charge < -0.3 is 25.4 Å². The summed E-state index contributed by atoms with van der Waals surface area (Å²) >= 11 is 0. The highest BCUT2D eigenvalue weighted by atomic mass is 16.5. The third-order valence-electron chi connectivity index (χ3n) is 3.56. The second-order valence-electron chi connectivity index (χ2n) is 5.50. The molecule has 0 aromatic heterocycles. The maximum atomic E-state index is 10.2. The van der Waals surface area contributed by atoms with E-state index in [-0.39, 0.29) is 18.4 Å². The van der Waals surface area contributed by atoms with Crippen molar-refractivity contribution in [1.82, 2.24) is 5.32 Å². The molecule has 2 aromatic carbocycles. The molecule has 124 valence electrons. The van der Waals surface area contributed by atoms with Gasteiger partial charge in [0.2, 0.25) is 0 Å². The van der Waals surface area contributed by atoms with E-state index in [0.717, 1.165) is 5.75 Å². The van der Waals surface area contributed by atoms with E-state index >= 15 is 0 Å². The van der Waals surface area contributed by atoms with Crippen LogP contribution in [0.25, 0.3) is 0 Å². The number of nitrogens with one attached hydrogen (secondary N) is 1. The van der Waals surface area contributed by atoms with Gasteiger partial charge in [0.15, 0.2) is 0 Å². The Balaban J connectivity index is 1.80. The lowest BCUT2D eigenvalue weighted by molar-refractivity contribution is 0.163. The van der Waals surface area contributed by atoms with Crippen LogP contribution in [-0.4, -0.2) is 34.5 Å². The highest BCUT2D eigenvalue weighted by Crippen LogP contribution is 2.22. The number of para-hydroxylation sites is 1. The summed E-state index contributed by atoms with van der Waals surface area (Å²) in [5.41, 5.74) is 1.05. The summed E-state index contributed by atoms with van der Waals surface area (Å²) in [5, 5.41) is 32.1. The first-order valence-corrected chi connectivity index (χ1v) is 7.62. The Labute approximate surface area is 136 Å². The minimum absolute atomic E-state index is 0.0287. The SMILES string of the molecule is C[C@H](COc1ccccc1)NC[C@H](O)c1ccc(O)c(CO)c1. The molecule has 2 atom stereocenters. The Morgan fingerprint density at radius 1 is 1.13 bits per heavy atom. The van der Waals surface area contributed by atoms with Crippen molar-refractivity contribution in [3.63, 3.8) is 0 Å². The van der Waals surface area contributed by atoms with Crippen molar-refractivity contribution in [2.24, 2.45) is 0 Å². The van der Waals surface area contributed by atoms with Gasteiger partial charge in [-0.3, -0.25) is 0 Å². The van der Waals surface area contributed by atoms with E-state index in [2.05, 4.69) is 5.32 Å². The van der Waals surface area contributed by atoms with E-state index in [1.807, 2.05) is 37.3 Å². The van der Waals surface area contributed by atoms with Crippen molar-refractivity contribution in [1.29, 1.82) is 0 Å². The Kier molecular flexibility index (Phi) is 6.40. The van der Waals surface area contributed by atoms with E-state index in [4.69, 9.17) is 9.84 Å². The number of aliphatic hydroxyl groups excluding tert-OH is 2. The van der Waals surface area contributed by atoms with E-state index in [0.29, 0.717) is 24.3 Å². The first kappa shape index (κ1) is 17.3. The fourth-order valence-corrected chi connectivity index (χ4v) is 2.17. The largest absolute Gasteiger partial charge is 0.508 e. The minimum atomic E-state index is -0.722. The van der Waals surface area contributed by atoms with Crippen molar-refractivity contribution >= 4 is 0 Å². The Bertz CT molecular complexity index is 603. The Morgan fingerprint density at radius 2 is 1.87 bits per heavy atom. The lowest BCUT2D eigenvalue weighted by atomic mass is 10.1. The zero-order valence-electron chi connectivity index (χ0n) is 13.1. The molecule has 0 unspecified atom stereocenters. The number of aliphatic hydroxyl groups is 2. The Morgan fingerprint density at radius 3 is 2.57 bits per heavy atom. The van der Waals surface area contributed by atoms with Crippen LogP contribution in [0.3, 0.4) is 0 Å². The standard InChI is InChI=1S/C18H23NO4/c1-13(12-23-16-5-3-2-4-6-16)19-10-18(22)14-7-8-17(21)15(9-14)11-20/h2-9,13,18-22H,10-12H2,1H3/t13-,18+/m1/s1. The molecule has 0 heterocycles. The Hall–Kier alpha value is -2.08. The van der Waals surface area contributed by atoms with Gasteiger partial charge in [0, 0.05) is 18.2 Å². The molecule has 2 rings (SSSR count). The second-order valence-corrected chi connectivity index (χ2v) is 5.50. The summed E-state index contributed by atoms with van der Waals surface area (Å²) in [6.45, 7) is 2.57. The third-order valence-corrected chi connectivity index (χ3v) is 3.56. The fourth-order valence-electron chi connectivity index (χ4n) is 2.17. The molecule has 0 aliphatic rings. The van der Waals surface area contributed by atoms with Crippen molar-refractivity contribution in [3.05, 3.63) is 59.7 Å². The van der Waals surface area contributed by atoms with Crippen LogP contribution in [0.4, 0.5) is 0 Å². The van der Waals surface area contributed by atoms with E-state index in [9.17, 15) is 10.2 Å². The molecule has 2 aromatic rings. The molecular weight excluding hydrogens is 294 g/mol. The molecule has 0 aliphatic carbocycles. The number of rotatable bonds is 8. The van der Waals surface area contributed by atoms with E-state index < -0.39 is 6.10 Å². The third kappa shape index (κ3) is 5.25. The average molecular weight is 317 g/mol. The molecule has 0 saturated heterocycles. The summed E-state index contributed by atoms with van der Waals surface area (Å²) in [5.74, 6) is 0.842. The van der Waals surface area contributed by atoms with E-state index in [1.165, 1.54) is 6.07 Å². The predicted octanol–water partition coefficient (Wildman–Crippen LogP) is 1.97. The molecule has 23 heavy (non-hydrogen) atoms. The molecule has 0 saturated carbocycles. The predicted molar refractivity (Wildman–Crippen MR) is 88.4 cm³/mol. The first-order valence-electron chi connectivity index (χ1n) is 7.62. The molecule has 0 fully saturated rings.